The predicted octanol–water partition coefficient (Wildman–Crippen LogP) is 2.22. The summed E-state index contributed by atoms with van der Waals surface area (Å²) in [5.41, 5.74) is 0. The van der Waals surface area contributed by atoms with Crippen molar-refractivity contribution in [2.24, 2.45) is 0 Å². The van der Waals surface area contributed by atoms with Gasteiger partial charge in [0.25, 0.3) is 0 Å². The molecule has 0 heterocycles. The van der Waals surface area contributed by atoms with Crippen LogP contribution in [-0.2, 0) is 0 Å². The SMILES string of the molecule is CN(C)CCN(C)C.CSc1ccccc1[P-]C([Si](C)(C)C)[Si](C)(C)C.[Li+]. The Balaban J connectivity index is 0. The van der Waals surface area contributed by atoms with Crippen LogP contribution in [0.4, 0.5) is 0 Å². The van der Waals surface area contributed by atoms with Crippen LogP contribution < -0.4 is 24.2 Å². The zero-order valence-electron chi connectivity index (χ0n) is 20.1. The van der Waals surface area contributed by atoms with Crippen molar-refractivity contribution in [1.82, 2.24) is 9.80 Å². The van der Waals surface area contributed by atoms with Gasteiger partial charge >= 0.3 is 18.9 Å². The molecule has 0 atom stereocenters. The Kier molecular flexibility index (Phi) is 15.7. The molecule has 0 fully saturated rings. The van der Waals surface area contributed by atoms with Crippen LogP contribution in [0.25, 0.3) is 0 Å². The van der Waals surface area contributed by atoms with Crippen molar-refractivity contribution < 1.29 is 18.9 Å². The molecule has 1 rings (SSSR count). The Hall–Kier alpha value is 0.951. The van der Waals surface area contributed by atoms with Crippen LogP contribution in [0, 0.1) is 0 Å². The second kappa shape index (κ2) is 14.0. The fourth-order valence-electron chi connectivity index (χ4n) is 2.96. The smallest absolute Gasteiger partial charge is 0.507 e. The Morgan fingerprint density at radius 3 is 1.59 bits per heavy atom. The first-order valence-electron chi connectivity index (χ1n) is 9.42. The van der Waals surface area contributed by atoms with Crippen LogP contribution in [0.5, 0.6) is 0 Å². The number of hydrogen-bond donors (Lipinski definition) is 0. The third-order valence-corrected chi connectivity index (χ3v) is 19.8. The number of rotatable bonds is 8. The van der Waals surface area contributed by atoms with Crippen molar-refractivity contribution in [3.63, 3.8) is 0 Å². The number of hydrogen-bond acceptors (Lipinski definition) is 3. The zero-order valence-corrected chi connectivity index (χ0v) is 23.8. The molecule has 0 aliphatic heterocycles. The first-order chi connectivity index (χ1) is 11.8. The molecule has 0 radical (unpaired) electrons. The van der Waals surface area contributed by atoms with Gasteiger partial charge in [0.2, 0.25) is 0 Å². The molecule has 2 nitrogen and oxygen atoms in total. The van der Waals surface area contributed by atoms with Crippen molar-refractivity contribution in [3.8, 4) is 0 Å². The quantitative estimate of drug-likeness (QED) is 0.351. The molecule has 0 amide bonds. The molecule has 0 bridgehead atoms. The molecule has 1 aromatic carbocycles. The van der Waals surface area contributed by atoms with Crippen molar-refractivity contribution in [1.29, 1.82) is 0 Å². The van der Waals surface area contributed by atoms with Crippen molar-refractivity contribution in [2.45, 2.75) is 49.1 Å². The van der Waals surface area contributed by atoms with E-state index < -0.39 is 16.1 Å². The van der Waals surface area contributed by atoms with Crippen molar-refractivity contribution >= 4 is 41.8 Å². The predicted molar refractivity (Wildman–Crippen MR) is 132 cm³/mol. The molecule has 0 saturated carbocycles. The van der Waals surface area contributed by atoms with Gasteiger partial charge in [-0.1, -0.05) is 63.5 Å². The molecular formula is C20H42LiN2PSSi2. The molecule has 152 valence electrons. The van der Waals surface area contributed by atoms with Gasteiger partial charge in [-0.05, 0) is 39.3 Å². The van der Waals surface area contributed by atoms with E-state index in [0.717, 1.165) is 18.0 Å². The van der Waals surface area contributed by atoms with Crippen LogP contribution in [-0.4, -0.2) is 78.4 Å². The minimum atomic E-state index is -1.10. The molecule has 7 heteroatoms. The third-order valence-electron chi connectivity index (χ3n) is 3.99. The summed E-state index contributed by atoms with van der Waals surface area (Å²) in [5.74, 6) is 0. The van der Waals surface area contributed by atoms with Crippen LogP contribution in [0.2, 0.25) is 39.3 Å². The van der Waals surface area contributed by atoms with E-state index in [1.54, 1.807) is 13.9 Å². The average Bonchev–Trinajstić information content (AvgIpc) is 2.49. The van der Waals surface area contributed by atoms with E-state index in [-0.39, 0.29) is 18.9 Å². The average molecular weight is 437 g/mol. The van der Waals surface area contributed by atoms with Crippen molar-refractivity contribution in [3.05, 3.63) is 24.3 Å². The van der Waals surface area contributed by atoms with Crippen LogP contribution >= 0.6 is 20.3 Å². The summed E-state index contributed by atoms with van der Waals surface area (Å²) < 4.78 is 0. The van der Waals surface area contributed by atoms with Crippen LogP contribution in [0.3, 0.4) is 0 Å². The number of benzene rings is 1. The van der Waals surface area contributed by atoms with E-state index in [2.05, 4.69) is 108 Å². The van der Waals surface area contributed by atoms with Gasteiger partial charge in [-0.3, -0.25) is 0 Å². The fraction of sp³-hybridized carbons (Fsp3) is 0.700. The molecule has 1 aromatic rings. The molecule has 0 aliphatic carbocycles. The first kappa shape index (κ1) is 30.1. The number of likely N-dealkylation sites (N-methyl/N-ethyl adjacent to an activating group) is 2. The molecule has 0 N–H and O–H groups in total. The summed E-state index contributed by atoms with van der Waals surface area (Å²) >= 11 is 1.88. The Labute approximate surface area is 190 Å². The van der Waals surface area contributed by atoms with Crippen molar-refractivity contribution in [2.75, 3.05) is 47.5 Å². The Morgan fingerprint density at radius 2 is 1.26 bits per heavy atom. The Bertz CT molecular complexity index is 495. The first-order valence-corrected chi connectivity index (χ1v) is 18.8. The maximum absolute atomic E-state index is 2.53. The summed E-state index contributed by atoms with van der Waals surface area (Å²) in [6.07, 6.45) is 2.19. The summed E-state index contributed by atoms with van der Waals surface area (Å²) in [4.78, 5) is 6.75. The number of thioether (sulfide) groups is 1. The van der Waals surface area contributed by atoms with E-state index in [4.69, 9.17) is 0 Å². The van der Waals surface area contributed by atoms with Gasteiger partial charge in [0.15, 0.2) is 0 Å². The summed E-state index contributed by atoms with van der Waals surface area (Å²) in [6, 6.07) is 8.93. The molecular weight excluding hydrogens is 394 g/mol. The topological polar surface area (TPSA) is 6.48 Å². The monoisotopic (exact) mass is 436 g/mol. The minimum absolute atomic E-state index is 0. The summed E-state index contributed by atoms with van der Waals surface area (Å²) in [5, 5.41) is 1.54. The van der Waals surface area contributed by atoms with Gasteiger partial charge in [-0.15, -0.1) is 11.8 Å². The van der Waals surface area contributed by atoms with Gasteiger partial charge in [0.1, 0.15) is 0 Å². The maximum Gasteiger partial charge on any atom is 1.00 e. The van der Waals surface area contributed by atoms with E-state index >= 15 is 0 Å². The fourth-order valence-corrected chi connectivity index (χ4v) is 18.9. The van der Waals surface area contributed by atoms with E-state index in [1.165, 1.54) is 4.90 Å². The van der Waals surface area contributed by atoms with E-state index in [9.17, 15) is 0 Å². The summed E-state index contributed by atoms with van der Waals surface area (Å²) in [6.45, 7) is 17.5. The minimum Gasteiger partial charge on any atom is -0.507 e. The van der Waals surface area contributed by atoms with Gasteiger partial charge in [0.05, 0.1) is 0 Å². The largest absolute Gasteiger partial charge is 1.00 e. The molecule has 0 aromatic heterocycles. The normalized spacial score (nSPS) is 12.5. The molecule has 0 saturated heterocycles. The maximum atomic E-state index is 2.53. The zero-order chi connectivity index (χ0) is 20.5. The standard InChI is InChI=1S/C14H26PSSi2.C6H16N2.Li/c1-16-13-11-9-8-10-12(13)15-14(17(2,3)4)18(5,6)7;1-7(2)5-6-8(3)4;/h8-11,14H,1-7H3;5-6H2,1-4H3;/q-1;;+1. The molecule has 27 heavy (non-hydrogen) atoms. The Morgan fingerprint density at radius 1 is 0.852 bits per heavy atom. The van der Waals surface area contributed by atoms with Crippen LogP contribution in [0.1, 0.15) is 0 Å². The van der Waals surface area contributed by atoms with Crippen LogP contribution in [0.15, 0.2) is 29.2 Å². The van der Waals surface area contributed by atoms with Gasteiger partial charge in [-0.25, -0.2) is 0 Å². The van der Waals surface area contributed by atoms with E-state index in [1.807, 2.05) is 11.8 Å². The van der Waals surface area contributed by atoms with Gasteiger partial charge in [-0.2, -0.15) is 10.2 Å². The second-order valence-electron chi connectivity index (χ2n) is 9.54. The van der Waals surface area contributed by atoms with Gasteiger partial charge < -0.3 is 18.4 Å². The second-order valence-corrected chi connectivity index (χ2v) is 23.8. The molecule has 0 aliphatic rings. The summed E-state index contributed by atoms with van der Waals surface area (Å²) in [7, 11) is 7.73. The van der Waals surface area contributed by atoms with E-state index in [0.29, 0.717) is 0 Å². The van der Waals surface area contributed by atoms with Gasteiger partial charge in [0, 0.05) is 29.2 Å². The molecule has 0 unspecified atom stereocenters. The third kappa shape index (κ3) is 13.7. The number of nitrogens with zero attached hydrogens (tertiary/aromatic N) is 2. The molecule has 0 spiro atoms.